The first kappa shape index (κ1) is 26.6. The van der Waals surface area contributed by atoms with Crippen LogP contribution in [-0.2, 0) is 21.4 Å². The Morgan fingerprint density at radius 1 is 1.00 bits per heavy atom. The highest BCUT2D eigenvalue weighted by Gasteiger charge is 2.51. The van der Waals surface area contributed by atoms with Crippen molar-refractivity contribution in [2.75, 3.05) is 5.32 Å². The van der Waals surface area contributed by atoms with Crippen LogP contribution in [-0.4, -0.2) is 42.5 Å². The van der Waals surface area contributed by atoms with Crippen molar-refractivity contribution in [3.63, 3.8) is 0 Å². The first-order valence-electron chi connectivity index (χ1n) is 12.4. The van der Waals surface area contributed by atoms with Gasteiger partial charge in [-0.05, 0) is 93.0 Å². The van der Waals surface area contributed by atoms with Crippen molar-refractivity contribution in [1.82, 2.24) is 14.7 Å². The van der Waals surface area contributed by atoms with Crippen LogP contribution in [0.15, 0.2) is 35.1 Å². The van der Waals surface area contributed by atoms with E-state index in [1.165, 1.54) is 38.5 Å². The third kappa shape index (κ3) is 5.76. The summed E-state index contributed by atoms with van der Waals surface area (Å²) < 4.78 is 3.39. The lowest BCUT2D eigenvalue weighted by Crippen LogP contribution is -2.48. The van der Waals surface area contributed by atoms with Gasteiger partial charge in [-0.1, -0.05) is 18.2 Å². The van der Waals surface area contributed by atoms with Crippen LogP contribution < -0.4 is 16.2 Å². The number of nitrogens with zero attached hydrogens (tertiary/aromatic N) is 2. The molecule has 1 aromatic heterocycles. The second kappa shape index (κ2) is 10.5. The van der Waals surface area contributed by atoms with Gasteiger partial charge in [0.15, 0.2) is 5.11 Å². The highest BCUT2D eigenvalue weighted by atomic mass is 32.1. The summed E-state index contributed by atoms with van der Waals surface area (Å²) in [5, 5.41) is 20.8. The summed E-state index contributed by atoms with van der Waals surface area (Å²) in [7, 11) is 1.84. The summed E-state index contributed by atoms with van der Waals surface area (Å²) in [6.07, 6.45) is 8.19. The maximum atomic E-state index is 13.0. The van der Waals surface area contributed by atoms with Crippen molar-refractivity contribution in [3.05, 3.63) is 46.4 Å². The van der Waals surface area contributed by atoms with Crippen LogP contribution in [0, 0.1) is 30.1 Å². The van der Waals surface area contributed by atoms with Gasteiger partial charge in [-0.3, -0.25) is 14.3 Å². The molecule has 6 rings (SSSR count). The molecule has 1 aromatic carbocycles. The number of hydrogen-bond donors (Lipinski definition) is 4. The highest BCUT2D eigenvalue weighted by Crippen LogP contribution is 2.61. The molecule has 4 N–H and O–H groups in total. The van der Waals surface area contributed by atoms with Gasteiger partial charge in [0.2, 0.25) is 5.91 Å². The summed E-state index contributed by atoms with van der Waals surface area (Å²) in [4.78, 5) is 44.1. The Kier molecular flexibility index (Phi) is 7.54. The van der Waals surface area contributed by atoms with Crippen LogP contribution in [0.4, 0.5) is 5.69 Å². The molecule has 0 unspecified atom stereocenters. The number of para-hydroxylation sites is 1. The molecule has 0 spiro atoms. The summed E-state index contributed by atoms with van der Waals surface area (Å²) >= 11 is 5.41. The van der Waals surface area contributed by atoms with Gasteiger partial charge in [0.1, 0.15) is 5.69 Å². The Hall–Kier alpha value is -3.47. The van der Waals surface area contributed by atoms with E-state index in [1.807, 2.05) is 44.3 Å². The normalized spacial score (nSPS) is 25.1. The Morgan fingerprint density at radius 2 is 1.51 bits per heavy atom. The van der Waals surface area contributed by atoms with Crippen molar-refractivity contribution in [3.8, 4) is 5.69 Å². The Labute approximate surface area is 219 Å². The number of carboxylic acid groups (broad SMARTS) is 2. The van der Waals surface area contributed by atoms with Gasteiger partial charge in [0, 0.05) is 13.5 Å². The second-order valence-corrected chi connectivity index (χ2v) is 11.1. The molecule has 1 heterocycles. The van der Waals surface area contributed by atoms with Crippen molar-refractivity contribution in [2.45, 2.75) is 51.9 Å². The summed E-state index contributed by atoms with van der Waals surface area (Å²) in [5.74, 6) is -1.24. The Morgan fingerprint density at radius 3 is 2.00 bits per heavy atom. The van der Waals surface area contributed by atoms with E-state index in [0.717, 1.165) is 29.1 Å². The second-order valence-electron chi connectivity index (χ2n) is 10.6. The zero-order valence-corrected chi connectivity index (χ0v) is 21.7. The molecule has 1 amide bonds. The van der Waals surface area contributed by atoms with Crippen LogP contribution in [0.3, 0.4) is 0 Å². The van der Waals surface area contributed by atoms with Gasteiger partial charge in [-0.15, -0.1) is 0 Å². The standard InChI is InChI=1S/C24H30N4O2S.C2H2O4/c1-15-21(22(30)28(27(15)2)19-6-4-3-5-7-19)26-23(31)25-20(29)14-24-11-16-8-17(12-24)10-18(9-16)13-24;3-1(4)2(5)6/h3-7,16-18H,8-14H2,1-2H3,(H2,25,26,29,31);(H,3,4)(H,5,6). The maximum Gasteiger partial charge on any atom is 0.414 e. The number of carbonyl (C=O) groups excluding carboxylic acids is 1. The molecule has 11 heteroatoms. The lowest BCUT2D eigenvalue weighted by molar-refractivity contribution is -0.159. The van der Waals surface area contributed by atoms with Crippen molar-refractivity contribution in [2.24, 2.45) is 30.2 Å². The van der Waals surface area contributed by atoms with Gasteiger partial charge in [-0.2, -0.15) is 0 Å². The van der Waals surface area contributed by atoms with Crippen LogP contribution in [0.5, 0.6) is 0 Å². The molecule has 4 aliphatic rings. The highest BCUT2D eigenvalue weighted by molar-refractivity contribution is 7.80. The number of thiocarbonyl (C=S) groups is 1. The predicted molar refractivity (Wildman–Crippen MR) is 141 cm³/mol. The quantitative estimate of drug-likeness (QED) is 0.350. The molecule has 10 nitrogen and oxygen atoms in total. The van der Waals surface area contributed by atoms with E-state index in [9.17, 15) is 9.59 Å². The van der Waals surface area contributed by atoms with E-state index in [0.29, 0.717) is 12.1 Å². The van der Waals surface area contributed by atoms with Crippen molar-refractivity contribution in [1.29, 1.82) is 0 Å². The van der Waals surface area contributed by atoms with E-state index < -0.39 is 11.9 Å². The summed E-state index contributed by atoms with van der Waals surface area (Å²) in [5.41, 5.74) is 1.90. The number of nitrogens with one attached hydrogen (secondary N) is 2. The number of carboxylic acids is 2. The van der Waals surface area contributed by atoms with Gasteiger partial charge in [0.25, 0.3) is 5.56 Å². The summed E-state index contributed by atoms with van der Waals surface area (Å²) in [6, 6.07) is 9.48. The largest absolute Gasteiger partial charge is 0.473 e. The lowest BCUT2D eigenvalue weighted by atomic mass is 9.49. The molecule has 2 aromatic rings. The zero-order valence-electron chi connectivity index (χ0n) is 20.9. The minimum Gasteiger partial charge on any atom is -0.473 e. The summed E-state index contributed by atoms with van der Waals surface area (Å²) in [6.45, 7) is 1.86. The number of benzene rings is 1. The first-order valence-corrected chi connectivity index (χ1v) is 12.8. The monoisotopic (exact) mass is 528 g/mol. The van der Waals surface area contributed by atoms with Crippen molar-refractivity contribution >= 4 is 40.9 Å². The van der Waals surface area contributed by atoms with Crippen LogP contribution in [0.2, 0.25) is 0 Å². The molecule has 37 heavy (non-hydrogen) atoms. The van der Waals surface area contributed by atoms with Gasteiger partial charge >= 0.3 is 11.9 Å². The number of anilines is 1. The number of rotatable bonds is 4. The molecule has 0 radical (unpaired) electrons. The van der Waals surface area contributed by atoms with Crippen LogP contribution in [0.1, 0.15) is 50.6 Å². The number of aromatic nitrogens is 2. The molecule has 4 aliphatic carbocycles. The third-order valence-corrected chi connectivity index (χ3v) is 8.13. The molecule has 4 fully saturated rings. The fourth-order valence-corrected chi connectivity index (χ4v) is 7.09. The number of aliphatic carboxylic acids is 2. The van der Waals surface area contributed by atoms with Crippen LogP contribution in [0.25, 0.3) is 5.69 Å². The third-order valence-electron chi connectivity index (χ3n) is 7.93. The maximum absolute atomic E-state index is 13.0. The van der Waals surface area contributed by atoms with E-state index in [2.05, 4.69) is 10.6 Å². The molecular weight excluding hydrogens is 496 g/mol. The number of hydrogen-bond acceptors (Lipinski definition) is 5. The Balaban J connectivity index is 0.000000480. The van der Waals surface area contributed by atoms with E-state index in [1.54, 1.807) is 9.36 Å². The van der Waals surface area contributed by atoms with E-state index in [4.69, 9.17) is 32.0 Å². The molecule has 0 saturated heterocycles. The Bertz CT molecular complexity index is 1230. The van der Waals surface area contributed by atoms with Gasteiger partial charge < -0.3 is 20.8 Å². The molecule has 0 atom stereocenters. The SMILES string of the molecule is Cc1c(NC(=S)NC(=O)CC23CC4CC(CC(C4)C2)C3)c(=O)n(-c2ccccc2)n1C.O=C(O)C(=O)O. The fourth-order valence-electron chi connectivity index (χ4n) is 6.87. The molecular formula is C26H32N4O6S. The van der Waals surface area contributed by atoms with E-state index in [-0.39, 0.29) is 22.0 Å². The molecule has 198 valence electrons. The molecule has 4 saturated carbocycles. The average molecular weight is 529 g/mol. The minimum absolute atomic E-state index is 0.0311. The van der Waals surface area contributed by atoms with Crippen LogP contribution >= 0.6 is 12.2 Å². The number of carbonyl (C=O) groups is 3. The zero-order chi connectivity index (χ0) is 26.9. The van der Waals surface area contributed by atoms with E-state index >= 15 is 0 Å². The van der Waals surface area contributed by atoms with Gasteiger partial charge in [0.05, 0.1) is 11.4 Å². The average Bonchev–Trinajstić information content (AvgIpc) is 3.01. The topological polar surface area (TPSA) is 143 Å². The molecule has 4 bridgehead atoms. The first-order chi connectivity index (χ1) is 17.5. The number of amides is 1. The minimum atomic E-state index is -1.82. The lowest BCUT2D eigenvalue weighted by Gasteiger charge is -2.56. The predicted octanol–water partition coefficient (Wildman–Crippen LogP) is 3.06. The fraction of sp³-hybridized carbons (Fsp3) is 0.500. The smallest absolute Gasteiger partial charge is 0.414 e. The molecule has 0 aliphatic heterocycles. The van der Waals surface area contributed by atoms with Crippen molar-refractivity contribution < 1.29 is 24.6 Å². The van der Waals surface area contributed by atoms with Gasteiger partial charge in [-0.25, -0.2) is 14.3 Å².